The third-order valence-corrected chi connectivity index (χ3v) is 6.10. The van der Waals surface area contributed by atoms with Crippen molar-refractivity contribution in [2.24, 2.45) is 0 Å². The largest absolute Gasteiger partial charge is 0.495 e. The van der Waals surface area contributed by atoms with Crippen molar-refractivity contribution in [3.63, 3.8) is 0 Å². The van der Waals surface area contributed by atoms with E-state index in [1.807, 2.05) is 12.1 Å². The summed E-state index contributed by atoms with van der Waals surface area (Å²) in [4.78, 5) is 12.0. The van der Waals surface area contributed by atoms with E-state index in [2.05, 4.69) is 5.32 Å². The van der Waals surface area contributed by atoms with Crippen molar-refractivity contribution >= 4 is 21.6 Å². The number of benzene rings is 1. The van der Waals surface area contributed by atoms with Gasteiger partial charge >= 0.3 is 0 Å². The van der Waals surface area contributed by atoms with E-state index < -0.39 is 10.0 Å². The fourth-order valence-electron chi connectivity index (χ4n) is 2.80. The van der Waals surface area contributed by atoms with Gasteiger partial charge in [0.25, 0.3) is 0 Å². The number of hydrogen-bond donors (Lipinski definition) is 1. The van der Waals surface area contributed by atoms with Crippen LogP contribution < -0.4 is 10.1 Å². The van der Waals surface area contributed by atoms with Gasteiger partial charge in [-0.3, -0.25) is 4.79 Å². The van der Waals surface area contributed by atoms with E-state index in [-0.39, 0.29) is 11.7 Å². The maximum absolute atomic E-state index is 12.2. The smallest absolute Gasteiger partial charge is 0.224 e. The third kappa shape index (κ3) is 5.49. The molecule has 0 spiro atoms. The highest BCUT2D eigenvalue weighted by molar-refractivity contribution is 7.89. The summed E-state index contributed by atoms with van der Waals surface area (Å²) in [6, 6.07) is 7.21. The number of anilines is 1. The van der Waals surface area contributed by atoms with Gasteiger partial charge in [-0.2, -0.15) is 0 Å². The third-order valence-electron chi connectivity index (χ3n) is 4.15. The van der Waals surface area contributed by atoms with E-state index in [0.717, 1.165) is 19.3 Å². The molecule has 1 heterocycles. The highest BCUT2D eigenvalue weighted by Crippen LogP contribution is 2.23. The zero-order valence-electron chi connectivity index (χ0n) is 14.2. The Hall–Kier alpha value is -1.60. The van der Waals surface area contributed by atoms with Gasteiger partial charge in [-0.25, -0.2) is 12.7 Å². The number of methoxy groups -OCH3 is 1. The van der Waals surface area contributed by atoms with Crippen LogP contribution in [0.2, 0.25) is 0 Å². The number of sulfonamides is 1. The lowest BCUT2D eigenvalue weighted by Crippen LogP contribution is -2.37. The summed E-state index contributed by atoms with van der Waals surface area (Å²) in [5.41, 5.74) is 0.630. The molecular weight excluding hydrogens is 328 g/mol. The first-order valence-electron chi connectivity index (χ1n) is 8.43. The Kier molecular flexibility index (Phi) is 7.05. The van der Waals surface area contributed by atoms with Crippen LogP contribution in [-0.4, -0.2) is 44.6 Å². The molecule has 0 radical (unpaired) electrons. The lowest BCUT2D eigenvalue weighted by atomic mass is 10.2. The second-order valence-corrected chi connectivity index (χ2v) is 8.07. The Morgan fingerprint density at radius 2 is 1.88 bits per heavy atom. The van der Waals surface area contributed by atoms with Gasteiger partial charge in [-0.05, 0) is 37.8 Å². The lowest BCUT2D eigenvalue weighted by molar-refractivity contribution is -0.116. The molecule has 24 heavy (non-hydrogen) atoms. The molecule has 1 saturated heterocycles. The van der Waals surface area contributed by atoms with Gasteiger partial charge < -0.3 is 10.1 Å². The predicted molar refractivity (Wildman–Crippen MR) is 94.7 cm³/mol. The number of ether oxygens (including phenoxy) is 1. The molecule has 6 nitrogen and oxygen atoms in total. The van der Waals surface area contributed by atoms with Gasteiger partial charge in [0.2, 0.25) is 15.9 Å². The molecule has 1 amide bonds. The van der Waals surface area contributed by atoms with Crippen molar-refractivity contribution < 1.29 is 17.9 Å². The highest BCUT2D eigenvalue weighted by Gasteiger charge is 2.23. The number of amides is 1. The van der Waals surface area contributed by atoms with Crippen LogP contribution in [-0.2, 0) is 14.8 Å². The number of piperidine rings is 1. The Morgan fingerprint density at radius 3 is 2.58 bits per heavy atom. The Bertz CT molecular complexity index is 640. The normalized spacial score (nSPS) is 15.9. The van der Waals surface area contributed by atoms with Crippen LogP contribution in [0.15, 0.2) is 24.3 Å². The standard InChI is InChI=1S/C17H26N2O4S/c1-23-16-10-4-3-9-15(16)18-17(20)11-5-8-14-24(21,22)19-12-6-2-7-13-19/h3-4,9-10H,2,5-8,11-14H2,1H3,(H,18,20). The van der Waals surface area contributed by atoms with Crippen LogP contribution >= 0.6 is 0 Å². The SMILES string of the molecule is COc1ccccc1NC(=O)CCCCS(=O)(=O)N1CCCCC1. The van der Waals surface area contributed by atoms with Gasteiger partial charge in [-0.15, -0.1) is 0 Å². The molecule has 1 aliphatic heterocycles. The van der Waals surface area contributed by atoms with Crippen LogP contribution in [0.4, 0.5) is 5.69 Å². The van der Waals surface area contributed by atoms with Crippen LogP contribution in [0.1, 0.15) is 38.5 Å². The van der Waals surface area contributed by atoms with Crippen LogP contribution in [0.3, 0.4) is 0 Å². The minimum Gasteiger partial charge on any atom is -0.495 e. The van der Waals surface area contributed by atoms with Crippen molar-refractivity contribution in [3.05, 3.63) is 24.3 Å². The molecule has 134 valence electrons. The van der Waals surface area contributed by atoms with Crippen LogP contribution in [0.25, 0.3) is 0 Å². The summed E-state index contributed by atoms with van der Waals surface area (Å²) in [6.45, 7) is 1.27. The van der Waals surface area contributed by atoms with E-state index in [0.29, 0.717) is 43.8 Å². The highest BCUT2D eigenvalue weighted by atomic mass is 32.2. The van der Waals surface area contributed by atoms with Crippen LogP contribution in [0, 0.1) is 0 Å². The number of para-hydroxylation sites is 2. The minimum atomic E-state index is -3.17. The summed E-state index contributed by atoms with van der Waals surface area (Å²) in [5.74, 6) is 0.600. The molecule has 0 atom stereocenters. The van der Waals surface area contributed by atoms with Gasteiger partial charge in [0.1, 0.15) is 5.75 Å². The van der Waals surface area contributed by atoms with Gasteiger partial charge in [-0.1, -0.05) is 18.6 Å². The van der Waals surface area contributed by atoms with Crippen molar-refractivity contribution in [2.45, 2.75) is 38.5 Å². The molecule has 0 saturated carbocycles. The average Bonchev–Trinajstić information content (AvgIpc) is 2.60. The number of rotatable bonds is 8. The molecule has 0 unspecified atom stereocenters. The van der Waals surface area contributed by atoms with E-state index in [4.69, 9.17) is 4.74 Å². The summed E-state index contributed by atoms with van der Waals surface area (Å²) >= 11 is 0. The van der Waals surface area contributed by atoms with E-state index in [9.17, 15) is 13.2 Å². The Morgan fingerprint density at radius 1 is 1.17 bits per heavy atom. The van der Waals surface area contributed by atoms with Gasteiger partial charge in [0.15, 0.2) is 0 Å². The number of carbonyl (C=O) groups is 1. The average molecular weight is 354 g/mol. The van der Waals surface area contributed by atoms with Crippen molar-refractivity contribution in [1.29, 1.82) is 0 Å². The summed E-state index contributed by atoms with van der Waals surface area (Å²) in [6.07, 6.45) is 4.34. The first kappa shape index (κ1) is 18.7. The summed E-state index contributed by atoms with van der Waals surface area (Å²) in [7, 11) is -1.62. The number of unbranched alkanes of at least 4 members (excludes halogenated alkanes) is 1. The first-order chi connectivity index (χ1) is 11.5. The molecule has 7 heteroatoms. The van der Waals surface area contributed by atoms with Crippen molar-refractivity contribution in [2.75, 3.05) is 31.3 Å². The van der Waals surface area contributed by atoms with Crippen molar-refractivity contribution in [1.82, 2.24) is 4.31 Å². The Labute approximate surface area is 144 Å². The predicted octanol–water partition coefficient (Wildman–Crippen LogP) is 2.62. The number of nitrogens with zero attached hydrogens (tertiary/aromatic N) is 1. The molecular formula is C17H26N2O4S. The second kappa shape index (κ2) is 9.03. The lowest BCUT2D eigenvalue weighted by Gasteiger charge is -2.25. The molecule has 0 aromatic heterocycles. The minimum absolute atomic E-state index is 0.120. The second-order valence-electron chi connectivity index (χ2n) is 5.98. The van der Waals surface area contributed by atoms with Gasteiger partial charge in [0, 0.05) is 19.5 Å². The molecule has 1 aromatic rings. The molecule has 1 aliphatic rings. The zero-order valence-corrected chi connectivity index (χ0v) is 15.0. The molecule has 0 bridgehead atoms. The maximum atomic E-state index is 12.2. The number of carbonyl (C=O) groups excluding carboxylic acids is 1. The van der Waals surface area contributed by atoms with Crippen molar-refractivity contribution in [3.8, 4) is 5.75 Å². The zero-order chi connectivity index (χ0) is 17.4. The quantitative estimate of drug-likeness (QED) is 0.728. The molecule has 1 aromatic carbocycles. The molecule has 2 rings (SSSR count). The monoisotopic (exact) mass is 354 g/mol. The Balaban J connectivity index is 1.72. The molecule has 1 fully saturated rings. The first-order valence-corrected chi connectivity index (χ1v) is 10.0. The van der Waals surface area contributed by atoms with Gasteiger partial charge in [0.05, 0.1) is 18.6 Å². The van der Waals surface area contributed by atoms with E-state index in [1.165, 1.54) is 0 Å². The summed E-state index contributed by atoms with van der Waals surface area (Å²) < 4.78 is 31.2. The number of nitrogens with one attached hydrogen (secondary N) is 1. The maximum Gasteiger partial charge on any atom is 0.224 e. The molecule has 0 aliphatic carbocycles. The van der Waals surface area contributed by atoms with Crippen LogP contribution in [0.5, 0.6) is 5.75 Å². The number of hydrogen-bond acceptors (Lipinski definition) is 4. The van der Waals surface area contributed by atoms with E-state index >= 15 is 0 Å². The fourth-order valence-corrected chi connectivity index (χ4v) is 4.44. The fraction of sp³-hybridized carbons (Fsp3) is 0.588. The molecule has 1 N–H and O–H groups in total. The summed E-state index contributed by atoms with van der Waals surface area (Å²) in [5, 5.41) is 2.80. The topological polar surface area (TPSA) is 75.7 Å². The van der Waals surface area contributed by atoms with E-state index in [1.54, 1.807) is 23.5 Å².